The van der Waals surface area contributed by atoms with Gasteiger partial charge in [0.2, 0.25) is 10.0 Å². The van der Waals surface area contributed by atoms with Crippen molar-refractivity contribution in [2.45, 2.75) is 50.5 Å². The largest absolute Gasteiger partial charge is 0.394 e. The van der Waals surface area contributed by atoms with Crippen LogP contribution in [-0.2, 0) is 10.0 Å². The third-order valence-electron chi connectivity index (χ3n) is 3.96. The molecule has 0 aromatic carbocycles. The van der Waals surface area contributed by atoms with Gasteiger partial charge in [-0.25, -0.2) is 8.42 Å². The number of sulfonamides is 1. The predicted molar refractivity (Wildman–Crippen MR) is 62.6 cm³/mol. The number of aliphatic hydroxyl groups is 1. The summed E-state index contributed by atoms with van der Waals surface area (Å²) >= 11 is 0. The number of nitrogens with zero attached hydrogens (tertiary/aromatic N) is 1. The van der Waals surface area contributed by atoms with E-state index < -0.39 is 15.6 Å². The monoisotopic (exact) mass is 247 g/mol. The van der Waals surface area contributed by atoms with Crippen LogP contribution in [0.2, 0.25) is 0 Å². The maximum Gasteiger partial charge on any atom is 0.214 e. The standard InChI is InChI=1S/C11H21NO3S/c13-10-11(6-2-1-3-7-11)12-8-4-5-9-16(12,14)15/h13H,1-10H2. The quantitative estimate of drug-likeness (QED) is 0.795. The van der Waals surface area contributed by atoms with Crippen molar-refractivity contribution in [3.8, 4) is 0 Å². The summed E-state index contributed by atoms with van der Waals surface area (Å²) in [4.78, 5) is 0. The van der Waals surface area contributed by atoms with E-state index in [0.29, 0.717) is 6.54 Å². The Morgan fingerprint density at radius 3 is 2.31 bits per heavy atom. The van der Waals surface area contributed by atoms with Crippen molar-refractivity contribution in [1.29, 1.82) is 0 Å². The van der Waals surface area contributed by atoms with E-state index in [4.69, 9.17) is 0 Å². The van der Waals surface area contributed by atoms with E-state index in [1.165, 1.54) is 0 Å². The van der Waals surface area contributed by atoms with Crippen LogP contribution in [-0.4, -0.2) is 42.3 Å². The van der Waals surface area contributed by atoms with Crippen LogP contribution in [0.1, 0.15) is 44.9 Å². The SMILES string of the molecule is O=S1(=O)CCCCN1C1(CO)CCCCC1. The van der Waals surface area contributed by atoms with Crippen LogP contribution in [0.4, 0.5) is 0 Å². The molecule has 0 atom stereocenters. The van der Waals surface area contributed by atoms with Crippen LogP contribution in [0.15, 0.2) is 0 Å². The van der Waals surface area contributed by atoms with Gasteiger partial charge in [0.15, 0.2) is 0 Å². The summed E-state index contributed by atoms with van der Waals surface area (Å²) < 4.78 is 25.7. The number of aliphatic hydroxyl groups excluding tert-OH is 1. The molecule has 1 aliphatic heterocycles. The molecule has 94 valence electrons. The van der Waals surface area contributed by atoms with Crippen molar-refractivity contribution in [2.75, 3.05) is 18.9 Å². The zero-order chi connectivity index (χ0) is 11.6. The van der Waals surface area contributed by atoms with Gasteiger partial charge in [0.05, 0.1) is 17.9 Å². The first-order valence-corrected chi connectivity index (χ1v) is 7.83. The molecule has 0 radical (unpaired) electrons. The summed E-state index contributed by atoms with van der Waals surface area (Å²) in [6.45, 7) is 0.578. The molecule has 5 heteroatoms. The van der Waals surface area contributed by atoms with Crippen molar-refractivity contribution in [1.82, 2.24) is 4.31 Å². The molecule has 0 aromatic heterocycles. The molecule has 4 nitrogen and oxygen atoms in total. The molecular weight excluding hydrogens is 226 g/mol. The highest BCUT2D eigenvalue weighted by atomic mass is 32.2. The maximum atomic E-state index is 12.1. The van der Waals surface area contributed by atoms with Crippen molar-refractivity contribution in [3.05, 3.63) is 0 Å². The number of rotatable bonds is 2. The van der Waals surface area contributed by atoms with E-state index >= 15 is 0 Å². The average Bonchev–Trinajstić information content (AvgIpc) is 2.29. The minimum Gasteiger partial charge on any atom is -0.394 e. The van der Waals surface area contributed by atoms with Crippen LogP contribution >= 0.6 is 0 Å². The molecule has 0 amide bonds. The summed E-state index contributed by atoms with van der Waals surface area (Å²) in [6, 6.07) is 0. The Balaban J connectivity index is 2.25. The van der Waals surface area contributed by atoms with Crippen molar-refractivity contribution >= 4 is 10.0 Å². The number of hydrogen-bond donors (Lipinski definition) is 1. The van der Waals surface area contributed by atoms with E-state index in [0.717, 1.165) is 44.9 Å². The third-order valence-corrected chi connectivity index (χ3v) is 6.00. The van der Waals surface area contributed by atoms with E-state index in [1.54, 1.807) is 4.31 Å². The molecule has 1 saturated carbocycles. The second-order valence-corrected chi connectivity index (χ2v) is 7.05. The molecule has 2 fully saturated rings. The summed E-state index contributed by atoms with van der Waals surface area (Å²) in [5, 5.41) is 9.62. The van der Waals surface area contributed by atoms with Crippen LogP contribution in [0.5, 0.6) is 0 Å². The van der Waals surface area contributed by atoms with Gasteiger partial charge < -0.3 is 5.11 Å². The van der Waals surface area contributed by atoms with Crippen LogP contribution in [0.3, 0.4) is 0 Å². The zero-order valence-corrected chi connectivity index (χ0v) is 10.5. The van der Waals surface area contributed by atoms with Gasteiger partial charge in [-0.3, -0.25) is 0 Å². The van der Waals surface area contributed by atoms with Crippen molar-refractivity contribution in [3.63, 3.8) is 0 Å². The van der Waals surface area contributed by atoms with E-state index in [1.807, 2.05) is 0 Å². The lowest BCUT2D eigenvalue weighted by molar-refractivity contribution is 0.0526. The minimum absolute atomic E-state index is 0.0216. The Morgan fingerprint density at radius 1 is 1.06 bits per heavy atom. The van der Waals surface area contributed by atoms with Gasteiger partial charge in [-0.05, 0) is 25.7 Å². The summed E-state index contributed by atoms with van der Waals surface area (Å²) in [7, 11) is -3.12. The van der Waals surface area contributed by atoms with Gasteiger partial charge in [-0.1, -0.05) is 19.3 Å². The Labute approximate surface area is 97.7 Å². The highest BCUT2D eigenvalue weighted by Gasteiger charge is 2.44. The average molecular weight is 247 g/mol. The fourth-order valence-electron chi connectivity index (χ4n) is 3.02. The third kappa shape index (κ3) is 2.13. The van der Waals surface area contributed by atoms with Gasteiger partial charge in [-0.15, -0.1) is 0 Å². The van der Waals surface area contributed by atoms with E-state index in [2.05, 4.69) is 0 Å². The lowest BCUT2D eigenvalue weighted by Crippen LogP contribution is -2.57. The topological polar surface area (TPSA) is 57.6 Å². The smallest absolute Gasteiger partial charge is 0.214 e. The summed E-state index contributed by atoms with van der Waals surface area (Å²) in [6.07, 6.45) is 6.57. The lowest BCUT2D eigenvalue weighted by Gasteiger charge is -2.45. The van der Waals surface area contributed by atoms with Gasteiger partial charge in [0, 0.05) is 6.54 Å². The first-order valence-electron chi connectivity index (χ1n) is 6.22. The fourth-order valence-corrected chi connectivity index (χ4v) is 5.04. The van der Waals surface area contributed by atoms with Gasteiger partial charge in [0.1, 0.15) is 0 Å². The van der Waals surface area contributed by atoms with Gasteiger partial charge in [0.25, 0.3) is 0 Å². The second kappa shape index (κ2) is 4.63. The molecule has 1 saturated heterocycles. The molecule has 0 bridgehead atoms. The molecular formula is C11H21NO3S. The van der Waals surface area contributed by atoms with Crippen LogP contribution in [0, 0.1) is 0 Å². The molecule has 1 aliphatic carbocycles. The Bertz CT molecular complexity index is 333. The molecule has 2 rings (SSSR count). The van der Waals surface area contributed by atoms with Crippen molar-refractivity contribution in [2.24, 2.45) is 0 Å². The van der Waals surface area contributed by atoms with E-state index in [9.17, 15) is 13.5 Å². The summed E-state index contributed by atoms with van der Waals surface area (Å²) in [5.41, 5.74) is -0.475. The molecule has 2 aliphatic rings. The minimum atomic E-state index is -3.12. The van der Waals surface area contributed by atoms with Crippen LogP contribution < -0.4 is 0 Å². The molecule has 1 N–H and O–H groups in total. The van der Waals surface area contributed by atoms with Gasteiger partial charge >= 0.3 is 0 Å². The molecule has 0 aromatic rings. The molecule has 0 unspecified atom stereocenters. The highest BCUT2D eigenvalue weighted by Crippen LogP contribution is 2.36. The predicted octanol–water partition coefficient (Wildman–Crippen LogP) is 1.11. The Kier molecular flexibility index (Phi) is 3.56. The fraction of sp³-hybridized carbons (Fsp3) is 1.00. The van der Waals surface area contributed by atoms with Crippen LogP contribution in [0.25, 0.3) is 0 Å². The zero-order valence-electron chi connectivity index (χ0n) is 9.69. The maximum absolute atomic E-state index is 12.1. The lowest BCUT2D eigenvalue weighted by atomic mass is 9.82. The normalized spacial score (nSPS) is 30.1. The first-order chi connectivity index (χ1) is 7.61. The number of hydrogen-bond acceptors (Lipinski definition) is 3. The second-order valence-electron chi connectivity index (χ2n) is 5.04. The van der Waals surface area contributed by atoms with Gasteiger partial charge in [-0.2, -0.15) is 4.31 Å². The Morgan fingerprint density at radius 2 is 1.75 bits per heavy atom. The highest BCUT2D eigenvalue weighted by molar-refractivity contribution is 7.89. The Hall–Kier alpha value is -0.130. The molecule has 16 heavy (non-hydrogen) atoms. The van der Waals surface area contributed by atoms with Crippen molar-refractivity contribution < 1.29 is 13.5 Å². The summed E-state index contributed by atoms with van der Waals surface area (Å²) in [5.74, 6) is 0.259. The first kappa shape index (κ1) is 12.3. The molecule has 1 heterocycles. The molecule has 0 spiro atoms. The van der Waals surface area contributed by atoms with E-state index in [-0.39, 0.29) is 12.4 Å².